The second-order valence-electron chi connectivity index (χ2n) is 6.84. The lowest BCUT2D eigenvalue weighted by Crippen LogP contribution is -2.40. The van der Waals surface area contributed by atoms with Gasteiger partial charge in [0.05, 0.1) is 18.8 Å². The van der Waals surface area contributed by atoms with Crippen LogP contribution in [0.15, 0.2) is 51.8 Å². The van der Waals surface area contributed by atoms with Crippen molar-refractivity contribution in [3.63, 3.8) is 0 Å². The third kappa shape index (κ3) is 4.39. The smallest absolute Gasteiger partial charge is 0.286 e. The minimum absolute atomic E-state index is 0.0767. The number of nitrogens with one attached hydrogen (secondary N) is 2. The zero-order valence-corrected chi connectivity index (χ0v) is 17.2. The molecule has 0 spiro atoms. The molecular formula is C20H22N4O5S. The van der Waals surface area contributed by atoms with Gasteiger partial charge in [0.1, 0.15) is 23.9 Å². The van der Waals surface area contributed by atoms with Crippen molar-refractivity contribution in [1.82, 2.24) is 4.90 Å². The summed E-state index contributed by atoms with van der Waals surface area (Å²) in [5.41, 5.74) is 1.09. The number of amides is 1. The maximum atomic E-state index is 12.5. The van der Waals surface area contributed by atoms with E-state index in [-0.39, 0.29) is 29.7 Å². The summed E-state index contributed by atoms with van der Waals surface area (Å²) in [6.45, 7) is 3.67. The van der Waals surface area contributed by atoms with E-state index < -0.39 is 10.0 Å². The van der Waals surface area contributed by atoms with Crippen LogP contribution in [0.3, 0.4) is 0 Å². The van der Waals surface area contributed by atoms with Gasteiger partial charge in [-0.05, 0) is 30.8 Å². The Bertz CT molecular complexity index is 1100. The summed E-state index contributed by atoms with van der Waals surface area (Å²) < 4.78 is 39.6. The Morgan fingerprint density at radius 2 is 1.93 bits per heavy atom. The molecule has 0 saturated carbocycles. The number of hydrogen-bond acceptors (Lipinski definition) is 7. The fraction of sp³-hybridized carbons (Fsp3) is 0.300. The average molecular weight is 430 g/mol. The summed E-state index contributed by atoms with van der Waals surface area (Å²) in [7, 11) is -3.76. The number of ether oxygens (including phenoxy) is 2. The number of carbonyl (C=O) groups excluding carboxylic acids is 1. The first-order valence-corrected chi connectivity index (χ1v) is 11.0. The predicted octanol–water partition coefficient (Wildman–Crippen LogP) is 1.93. The van der Waals surface area contributed by atoms with E-state index in [1.165, 1.54) is 6.07 Å². The molecule has 2 aliphatic heterocycles. The molecule has 1 amide bonds. The number of hydrogen-bond donors (Lipinski definition) is 2. The SMILES string of the molecule is CCN(CC(=O)Nc1ccc2c(c1)OCCO2)CC1=NS(=O)(=O)c2ccccc2N1. The molecule has 2 aromatic rings. The highest BCUT2D eigenvalue weighted by Gasteiger charge is 2.25. The Balaban J connectivity index is 1.40. The molecule has 9 nitrogen and oxygen atoms in total. The van der Waals surface area contributed by atoms with E-state index in [9.17, 15) is 13.2 Å². The third-order valence-corrected chi connectivity index (χ3v) is 6.06. The maximum Gasteiger partial charge on any atom is 0.286 e. The van der Waals surface area contributed by atoms with Gasteiger partial charge in [0.2, 0.25) is 5.91 Å². The summed E-state index contributed by atoms with van der Waals surface area (Å²) in [6.07, 6.45) is 0. The number of carbonyl (C=O) groups is 1. The Labute approximate surface area is 174 Å². The van der Waals surface area contributed by atoms with Gasteiger partial charge in [0.25, 0.3) is 10.0 Å². The van der Waals surface area contributed by atoms with E-state index in [0.717, 1.165) is 0 Å². The van der Waals surface area contributed by atoms with Crippen LogP contribution in [0.4, 0.5) is 11.4 Å². The van der Waals surface area contributed by atoms with Gasteiger partial charge in [-0.2, -0.15) is 8.42 Å². The standard InChI is InChI=1S/C20H22N4O5S/c1-2-24(12-19-22-15-5-3-4-6-18(15)30(26,27)23-19)13-20(25)21-14-7-8-16-17(11-14)29-10-9-28-16/h3-8,11H,2,9-10,12-13H2,1H3,(H,21,25)(H,22,23). The van der Waals surface area contributed by atoms with E-state index in [1.54, 1.807) is 41.3 Å². The summed E-state index contributed by atoms with van der Waals surface area (Å²) in [5, 5.41) is 5.87. The Kier molecular flexibility index (Phi) is 5.60. The van der Waals surface area contributed by atoms with Gasteiger partial charge in [0.15, 0.2) is 11.5 Å². The fourth-order valence-electron chi connectivity index (χ4n) is 3.25. The van der Waals surface area contributed by atoms with E-state index in [2.05, 4.69) is 15.0 Å². The number of nitrogens with zero attached hydrogens (tertiary/aromatic N) is 2. The van der Waals surface area contributed by atoms with Crippen LogP contribution in [0.5, 0.6) is 11.5 Å². The number of likely N-dealkylation sites (N-methyl/N-ethyl adjacent to an activating group) is 1. The molecule has 4 rings (SSSR count). The molecular weight excluding hydrogens is 408 g/mol. The lowest BCUT2D eigenvalue weighted by molar-refractivity contribution is -0.117. The van der Waals surface area contributed by atoms with Crippen LogP contribution in [0, 0.1) is 0 Å². The summed E-state index contributed by atoms with van der Waals surface area (Å²) in [4.78, 5) is 14.5. The van der Waals surface area contributed by atoms with Crippen molar-refractivity contribution >= 4 is 33.1 Å². The van der Waals surface area contributed by atoms with Gasteiger partial charge >= 0.3 is 0 Å². The molecule has 0 aliphatic carbocycles. The van der Waals surface area contributed by atoms with Gasteiger partial charge in [-0.3, -0.25) is 9.69 Å². The molecule has 2 heterocycles. The Morgan fingerprint density at radius 3 is 2.73 bits per heavy atom. The van der Waals surface area contributed by atoms with Crippen LogP contribution < -0.4 is 20.1 Å². The van der Waals surface area contributed by atoms with E-state index in [0.29, 0.717) is 42.6 Å². The number of para-hydroxylation sites is 1. The van der Waals surface area contributed by atoms with E-state index in [4.69, 9.17) is 9.47 Å². The lowest BCUT2D eigenvalue weighted by atomic mass is 10.2. The van der Waals surface area contributed by atoms with Gasteiger partial charge in [-0.1, -0.05) is 19.1 Å². The van der Waals surface area contributed by atoms with Crippen molar-refractivity contribution in [2.45, 2.75) is 11.8 Å². The topological polar surface area (TPSA) is 109 Å². The van der Waals surface area contributed by atoms with Crippen LogP contribution in [0.1, 0.15) is 6.92 Å². The van der Waals surface area contributed by atoms with Gasteiger partial charge in [-0.15, -0.1) is 4.40 Å². The number of amidine groups is 1. The van der Waals surface area contributed by atoms with Gasteiger partial charge in [0, 0.05) is 11.8 Å². The second kappa shape index (κ2) is 8.33. The third-order valence-electron chi connectivity index (χ3n) is 4.69. The first-order valence-electron chi connectivity index (χ1n) is 9.56. The monoisotopic (exact) mass is 430 g/mol. The lowest BCUT2D eigenvalue weighted by Gasteiger charge is -2.24. The first-order chi connectivity index (χ1) is 14.4. The van der Waals surface area contributed by atoms with Crippen LogP contribution in [-0.4, -0.2) is 57.9 Å². The summed E-state index contributed by atoms with van der Waals surface area (Å²) in [5.74, 6) is 1.30. The van der Waals surface area contributed by atoms with Gasteiger partial charge < -0.3 is 20.1 Å². The molecule has 158 valence electrons. The molecule has 30 heavy (non-hydrogen) atoms. The number of sulfonamides is 1. The highest BCUT2D eigenvalue weighted by atomic mass is 32.2. The highest BCUT2D eigenvalue weighted by Crippen LogP contribution is 2.32. The van der Waals surface area contributed by atoms with E-state index >= 15 is 0 Å². The molecule has 0 bridgehead atoms. The Hall–Kier alpha value is -3.11. The minimum atomic E-state index is -3.76. The predicted molar refractivity (Wildman–Crippen MR) is 113 cm³/mol. The second-order valence-corrected chi connectivity index (χ2v) is 8.42. The summed E-state index contributed by atoms with van der Waals surface area (Å²) in [6, 6.07) is 11.8. The van der Waals surface area contributed by atoms with Crippen molar-refractivity contribution in [3.8, 4) is 11.5 Å². The fourth-order valence-corrected chi connectivity index (χ4v) is 4.39. The molecule has 0 unspecified atom stereocenters. The van der Waals surface area contributed by atoms with Crippen LogP contribution >= 0.6 is 0 Å². The van der Waals surface area contributed by atoms with Gasteiger partial charge in [-0.25, -0.2) is 0 Å². The molecule has 2 aromatic carbocycles. The quantitative estimate of drug-likeness (QED) is 0.721. The first kappa shape index (κ1) is 20.2. The molecule has 0 aromatic heterocycles. The average Bonchev–Trinajstić information content (AvgIpc) is 2.72. The minimum Gasteiger partial charge on any atom is -0.486 e. The largest absolute Gasteiger partial charge is 0.486 e. The number of fused-ring (bicyclic) bond motifs is 2. The molecule has 0 radical (unpaired) electrons. The molecule has 10 heteroatoms. The van der Waals surface area contributed by atoms with Crippen molar-refractivity contribution in [2.75, 3.05) is 43.5 Å². The molecule has 2 N–H and O–H groups in total. The van der Waals surface area contributed by atoms with Crippen LogP contribution in [-0.2, 0) is 14.8 Å². The highest BCUT2D eigenvalue weighted by molar-refractivity contribution is 7.90. The molecule has 0 saturated heterocycles. The molecule has 0 fully saturated rings. The number of rotatable bonds is 6. The van der Waals surface area contributed by atoms with Crippen molar-refractivity contribution < 1.29 is 22.7 Å². The van der Waals surface area contributed by atoms with E-state index in [1.807, 2.05) is 6.92 Å². The zero-order valence-electron chi connectivity index (χ0n) is 16.4. The maximum absolute atomic E-state index is 12.5. The summed E-state index contributed by atoms with van der Waals surface area (Å²) >= 11 is 0. The normalized spacial score (nSPS) is 16.3. The zero-order chi connectivity index (χ0) is 21.1. The number of anilines is 2. The Morgan fingerprint density at radius 1 is 1.17 bits per heavy atom. The molecule has 0 atom stereocenters. The van der Waals surface area contributed by atoms with Crippen LogP contribution in [0.2, 0.25) is 0 Å². The van der Waals surface area contributed by atoms with Crippen molar-refractivity contribution in [3.05, 3.63) is 42.5 Å². The van der Waals surface area contributed by atoms with Crippen molar-refractivity contribution in [2.24, 2.45) is 4.40 Å². The molecule has 2 aliphatic rings. The van der Waals surface area contributed by atoms with Crippen LogP contribution in [0.25, 0.3) is 0 Å². The van der Waals surface area contributed by atoms with Crippen molar-refractivity contribution in [1.29, 1.82) is 0 Å². The number of benzene rings is 2.